The molecule has 0 unspecified atom stereocenters. The van der Waals surface area contributed by atoms with Crippen molar-refractivity contribution >= 4 is 39.3 Å². The highest BCUT2D eigenvalue weighted by Gasteiger charge is 2.22. The van der Waals surface area contributed by atoms with Gasteiger partial charge in [0, 0.05) is 71.3 Å². The lowest BCUT2D eigenvalue weighted by molar-refractivity contribution is 0.0664. The number of carbonyl (C=O) groups is 2. The van der Waals surface area contributed by atoms with Gasteiger partial charge in [0.05, 0.1) is 0 Å². The average molecular weight is 574 g/mol. The van der Waals surface area contributed by atoms with Crippen LogP contribution in [0.2, 0.25) is 0 Å². The number of benzene rings is 4. The van der Waals surface area contributed by atoms with E-state index in [1.807, 2.05) is 65.6 Å². The second-order valence-electron chi connectivity index (χ2n) is 12.5. The van der Waals surface area contributed by atoms with Crippen molar-refractivity contribution in [2.75, 3.05) is 38.5 Å². The van der Waals surface area contributed by atoms with Crippen LogP contribution in [-0.4, -0.2) is 59.8 Å². The molecule has 4 aromatic carbocycles. The number of fused-ring (bicyclic) bond motifs is 3. The highest BCUT2D eigenvalue weighted by atomic mass is 16.2. The number of hydrogen-bond donors (Lipinski definition) is 3. The largest absolute Gasteiger partial charge is 0.354 e. The van der Waals surface area contributed by atoms with Gasteiger partial charge in [-0.1, -0.05) is 63.2 Å². The summed E-state index contributed by atoms with van der Waals surface area (Å²) in [6, 6.07) is 25.8. The lowest BCUT2D eigenvalue weighted by atomic mass is 9.86. The molecule has 7 nitrogen and oxygen atoms in total. The van der Waals surface area contributed by atoms with E-state index in [1.165, 1.54) is 5.56 Å². The zero-order chi connectivity index (χ0) is 30.3. The van der Waals surface area contributed by atoms with E-state index in [2.05, 4.69) is 61.2 Å². The van der Waals surface area contributed by atoms with E-state index in [0.717, 1.165) is 64.7 Å². The Morgan fingerprint density at radius 1 is 0.837 bits per heavy atom. The molecule has 2 amide bonds. The second-order valence-corrected chi connectivity index (χ2v) is 12.5. The molecular formula is C36H39N5O2. The summed E-state index contributed by atoms with van der Waals surface area (Å²) in [5, 5.41) is 5.21. The Bertz CT molecular complexity index is 1820. The Morgan fingerprint density at radius 3 is 2.21 bits per heavy atom. The monoisotopic (exact) mass is 573 g/mol. The topological polar surface area (TPSA) is 94.5 Å². The van der Waals surface area contributed by atoms with Gasteiger partial charge >= 0.3 is 0 Å². The van der Waals surface area contributed by atoms with E-state index in [9.17, 15) is 9.59 Å². The van der Waals surface area contributed by atoms with Crippen molar-refractivity contribution in [1.29, 1.82) is 0 Å². The molecule has 4 N–H and O–H groups in total. The summed E-state index contributed by atoms with van der Waals surface area (Å²) >= 11 is 0. The normalized spacial score (nSPS) is 14.4. The number of piperazine rings is 1. The second kappa shape index (κ2) is 11.3. The summed E-state index contributed by atoms with van der Waals surface area (Å²) in [6.07, 6.45) is 0. The fourth-order valence-corrected chi connectivity index (χ4v) is 6.00. The molecule has 0 aliphatic carbocycles. The first-order valence-corrected chi connectivity index (χ1v) is 14.9. The molecule has 1 fully saturated rings. The van der Waals surface area contributed by atoms with Gasteiger partial charge in [0.2, 0.25) is 0 Å². The summed E-state index contributed by atoms with van der Waals surface area (Å²) in [6.45, 7) is 9.97. The molecular weight excluding hydrogens is 534 g/mol. The Kier molecular flexibility index (Phi) is 7.54. The third-order valence-corrected chi connectivity index (χ3v) is 8.59. The summed E-state index contributed by atoms with van der Waals surface area (Å²) in [5.74, 6) is -0.106. The molecule has 0 saturated carbocycles. The van der Waals surface area contributed by atoms with Crippen LogP contribution in [0.1, 0.15) is 52.6 Å². The van der Waals surface area contributed by atoms with Crippen LogP contribution in [0.25, 0.3) is 32.9 Å². The predicted octanol–water partition coefficient (Wildman–Crippen LogP) is 6.38. The number of amides is 2. The number of nitrogens with zero attached hydrogens (tertiary/aromatic N) is 2. The maximum atomic E-state index is 13.3. The van der Waals surface area contributed by atoms with Crippen LogP contribution >= 0.6 is 0 Å². The van der Waals surface area contributed by atoms with Crippen LogP contribution < -0.4 is 11.1 Å². The van der Waals surface area contributed by atoms with Crippen molar-refractivity contribution in [2.45, 2.75) is 32.7 Å². The summed E-state index contributed by atoms with van der Waals surface area (Å²) < 4.78 is 0. The SMILES string of the molecule is CN1CCN(C(=O)c2ccc3c(c2)[nH]c2cccc(-c4cccc(NC(=O)c5ccc(C(C)(C)C)cc5)c4CN)c23)CC1. The maximum absolute atomic E-state index is 13.3. The molecule has 0 bridgehead atoms. The third kappa shape index (κ3) is 5.54. The number of aromatic nitrogens is 1. The summed E-state index contributed by atoms with van der Waals surface area (Å²) in [7, 11) is 2.08. The Labute approximate surface area is 252 Å². The predicted molar refractivity (Wildman–Crippen MR) is 176 cm³/mol. The first-order valence-electron chi connectivity index (χ1n) is 14.9. The van der Waals surface area contributed by atoms with Crippen molar-refractivity contribution in [2.24, 2.45) is 5.73 Å². The summed E-state index contributed by atoms with van der Waals surface area (Å²) in [5.41, 5.74) is 14.3. The van der Waals surface area contributed by atoms with Gasteiger partial charge in [-0.15, -0.1) is 0 Å². The molecule has 2 heterocycles. The minimum atomic E-state index is -0.171. The Hall–Kier alpha value is -4.46. The first-order chi connectivity index (χ1) is 20.6. The average Bonchev–Trinajstić information content (AvgIpc) is 3.39. The quantitative estimate of drug-likeness (QED) is 0.227. The smallest absolute Gasteiger partial charge is 0.255 e. The lowest BCUT2D eigenvalue weighted by Crippen LogP contribution is -2.47. The van der Waals surface area contributed by atoms with Gasteiger partial charge in [0.1, 0.15) is 0 Å². The van der Waals surface area contributed by atoms with Crippen LogP contribution in [0.3, 0.4) is 0 Å². The number of nitrogens with two attached hydrogens (primary N) is 1. The van der Waals surface area contributed by atoms with E-state index in [0.29, 0.717) is 16.8 Å². The standard InChI is InChI=1S/C36H39N5O2/c1-36(2,3)25-14-11-23(12-15-25)34(42)39-30-9-5-7-26(29(30)22-37)27-8-6-10-31-33(27)28-16-13-24(21-32(28)38-31)35(43)41-19-17-40(4)18-20-41/h5-16,21,38H,17-20,22,37H2,1-4H3,(H,39,42). The number of carbonyl (C=O) groups excluding carboxylic acids is 2. The van der Waals surface area contributed by atoms with E-state index in [-0.39, 0.29) is 23.8 Å². The number of anilines is 1. The van der Waals surface area contributed by atoms with Gasteiger partial charge in [-0.05, 0) is 71.1 Å². The van der Waals surface area contributed by atoms with Crippen LogP contribution in [0, 0.1) is 0 Å². The number of likely N-dealkylation sites (N-methyl/N-ethyl adjacent to an activating group) is 1. The molecule has 1 saturated heterocycles. The van der Waals surface area contributed by atoms with Gasteiger partial charge in [-0.2, -0.15) is 0 Å². The van der Waals surface area contributed by atoms with E-state index >= 15 is 0 Å². The highest BCUT2D eigenvalue weighted by molar-refractivity contribution is 6.16. The van der Waals surface area contributed by atoms with Crippen LogP contribution in [0.5, 0.6) is 0 Å². The zero-order valence-corrected chi connectivity index (χ0v) is 25.3. The Balaban J connectivity index is 1.34. The molecule has 7 heteroatoms. The van der Waals surface area contributed by atoms with Crippen LogP contribution in [-0.2, 0) is 12.0 Å². The number of aromatic amines is 1. The van der Waals surface area contributed by atoms with E-state index in [4.69, 9.17) is 5.73 Å². The van der Waals surface area contributed by atoms with Gasteiger partial charge in [0.25, 0.3) is 11.8 Å². The van der Waals surface area contributed by atoms with E-state index < -0.39 is 0 Å². The molecule has 0 radical (unpaired) electrons. The molecule has 0 spiro atoms. The van der Waals surface area contributed by atoms with Gasteiger partial charge in [-0.25, -0.2) is 0 Å². The molecule has 220 valence electrons. The molecule has 1 aliphatic heterocycles. The number of nitrogens with one attached hydrogen (secondary N) is 2. The van der Waals surface area contributed by atoms with Crippen LogP contribution in [0.15, 0.2) is 78.9 Å². The molecule has 5 aromatic rings. The zero-order valence-electron chi connectivity index (χ0n) is 25.3. The number of H-pyrrole nitrogens is 1. The molecule has 1 aromatic heterocycles. The lowest BCUT2D eigenvalue weighted by Gasteiger charge is -2.32. The molecule has 0 atom stereocenters. The van der Waals surface area contributed by atoms with Gasteiger partial charge in [-0.3, -0.25) is 9.59 Å². The van der Waals surface area contributed by atoms with Gasteiger partial charge in [0.15, 0.2) is 0 Å². The Morgan fingerprint density at radius 2 is 1.51 bits per heavy atom. The van der Waals surface area contributed by atoms with Crippen molar-refractivity contribution in [1.82, 2.24) is 14.8 Å². The van der Waals surface area contributed by atoms with Crippen molar-refractivity contribution in [3.8, 4) is 11.1 Å². The van der Waals surface area contributed by atoms with Crippen molar-refractivity contribution in [3.05, 3.63) is 101 Å². The van der Waals surface area contributed by atoms with E-state index in [1.54, 1.807) is 0 Å². The van der Waals surface area contributed by atoms with Crippen LogP contribution in [0.4, 0.5) is 5.69 Å². The number of hydrogen-bond acceptors (Lipinski definition) is 4. The van der Waals surface area contributed by atoms with Crippen molar-refractivity contribution in [3.63, 3.8) is 0 Å². The highest BCUT2D eigenvalue weighted by Crippen LogP contribution is 2.38. The maximum Gasteiger partial charge on any atom is 0.255 e. The van der Waals surface area contributed by atoms with Gasteiger partial charge < -0.3 is 25.8 Å². The minimum absolute atomic E-state index is 0.0151. The minimum Gasteiger partial charge on any atom is -0.354 e. The molecule has 1 aliphatic rings. The first kappa shape index (κ1) is 28.6. The fourth-order valence-electron chi connectivity index (χ4n) is 6.00. The fraction of sp³-hybridized carbons (Fsp3) is 0.278. The molecule has 43 heavy (non-hydrogen) atoms. The third-order valence-electron chi connectivity index (χ3n) is 8.59. The molecule has 6 rings (SSSR count). The summed E-state index contributed by atoms with van der Waals surface area (Å²) in [4.78, 5) is 34.2. The number of rotatable bonds is 5. The van der Waals surface area contributed by atoms with Crippen molar-refractivity contribution < 1.29 is 9.59 Å².